The molecule has 0 radical (unpaired) electrons. The molecule has 0 saturated carbocycles. The molecule has 126 valence electrons. The Morgan fingerprint density at radius 1 is 0.917 bits per heavy atom. The minimum Gasteiger partial charge on any atom is -0.367 e. The molecule has 2 amide bonds. The molecule has 2 fully saturated rings. The average Bonchev–Trinajstić information content (AvgIpc) is 3.31. The molecular weight excluding hydrogens is 324 g/mol. The molecule has 0 bridgehead atoms. The number of hydrogen-bond acceptors (Lipinski definition) is 5. The van der Waals surface area contributed by atoms with E-state index in [-0.39, 0.29) is 11.8 Å². The summed E-state index contributed by atoms with van der Waals surface area (Å²) in [5, 5.41) is 2.05. The van der Waals surface area contributed by atoms with Gasteiger partial charge in [-0.3, -0.25) is 14.6 Å². The van der Waals surface area contributed by atoms with Gasteiger partial charge >= 0.3 is 11.8 Å². The summed E-state index contributed by atoms with van der Waals surface area (Å²) in [7, 11) is 0. The van der Waals surface area contributed by atoms with Crippen molar-refractivity contribution >= 4 is 39.1 Å². The highest BCUT2D eigenvalue weighted by atomic mass is 32.1. The van der Waals surface area contributed by atoms with Crippen LogP contribution < -0.4 is 4.90 Å². The van der Waals surface area contributed by atoms with E-state index in [0.29, 0.717) is 13.1 Å². The molecule has 24 heavy (non-hydrogen) atoms. The monoisotopic (exact) mass is 344 g/mol. The Hall–Kier alpha value is -2.15. The highest BCUT2D eigenvalue weighted by Gasteiger charge is 2.31. The zero-order valence-electron chi connectivity index (χ0n) is 13.5. The lowest BCUT2D eigenvalue weighted by molar-refractivity contribution is -0.151. The number of amides is 2. The smallest absolute Gasteiger partial charge is 0.312 e. The molecule has 0 spiro atoms. The van der Waals surface area contributed by atoms with Gasteiger partial charge in [-0.2, -0.15) is 0 Å². The maximum absolute atomic E-state index is 12.4. The lowest BCUT2D eigenvalue weighted by atomic mass is 10.2. The minimum atomic E-state index is -0.340. The van der Waals surface area contributed by atoms with E-state index in [2.05, 4.69) is 15.3 Å². The average molecular weight is 344 g/mol. The van der Waals surface area contributed by atoms with E-state index in [4.69, 9.17) is 0 Å². The van der Waals surface area contributed by atoms with Gasteiger partial charge in [0.05, 0.1) is 15.9 Å². The summed E-state index contributed by atoms with van der Waals surface area (Å²) in [6.45, 7) is 4.11. The van der Waals surface area contributed by atoms with Crippen LogP contribution in [0.15, 0.2) is 23.7 Å². The normalized spacial score (nSPS) is 18.4. The molecule has 6 nitrogen and oxygen atoms in total. The number of aromatic nitrogens is 1. The van der Waals surface area contributed by atoms with Gasteiger partial charge in [0.2, 0.25) is 0 Å². The van der Waals surface area contributed by atoms with Crippen molar-refractivity contribution in [1.82, 2.24) is 14.8 Å². The highest BCUT2D eigenvalue weighted by molar-refractivity contribution is 7.17. The van der Waals surface area contributed by atoms with Gasteiger partial charge in [0.1, 0.15) is 0 Å². The molecule has 0 atom stereocenters. The third kappa shape index (κ3) is 2.73. The summed E-state index contributed by atoms with van der Waals surface area (Å²) >= 11 is 1.69. The largest absolute Gasteiger partial charge is 0.367 e. The topological polar surface area (TPSA) is 56.8 Å². The van der Waals surface area contributed by atoms with Gasteiger partial charge in [0.25, 0.3) is 0 Å². The van der Waals surface area contributed by atoms with Crippen molar-refractivity contribution in [3.63, 3.8) is 0 Å². The lowest BCUT2D eigenvalue weighted by Crippen LogP contribution is -2.53. The number of pyridine rings is 1. The van der Waals surface area contributed by atoms with Gasteiger partial charge < -0.3 is 14.7 Å². The number of hydrogen-bond donors (Lipinski definition) is 0. The summed E-state index contributed by atoms with van der Waals surface area (Å²) in [5.41, 5.74) is 2.19. The highest BCUT2D eigenvalue weighted by Crippen LogP contribution is 2.30. The third-order valence-corrected chi connectivity index (χ3v) is 5.73. The second-order valence-electron chi connectivity index (χ2n) is 6.24. The molecule has 0 N–H and O–H groups in total. The summed E-state index contributed by atoms with van der Waals surface area (Å²) in [6.07, 6.45) is 3.84. The van der Waals surface area contributed by atoms with Crippen LogP contribution in [0.5, 0.6) is 0 Å². The van der Waals surface area contributed by atoms with Gasteiger partial charge in [-0.1, -0.05) is 0 Å². The molecule has 2 aromatic rings. The Kier molecular flexibility index (Phi) is 4.10. The van der Waals surface area contributed by atoms with Crippen LogP contribution in [0.25, 0.3) is 10.2 Å². The first-order chi connectivity index (χ1) is 11.7. The van der Waals surface area contributed by atoms with Crippen molar-refractivity contribution in [3.05, 3.63) is 23.7 Å². The molecule has 2 aliphatic rings. The Labute approximate surface area is 144 Å². The second kappa shape index (κ2) is 6.39. The summed E-state index contributed by atoms with van der Waals surface area (Å²) in [6, 6.07) is 4.06. The van der Waals surface area contributed by atoms with Crippen LogP contribution in [0.3, 0.4) is 0 Å². The van der Waals surface area contributed by atoms with Crippen LogP contribution in [0, 0.1) is 0 Å². The van der Waals surface area contributed by atoms with Crippen LogP contribution >= 0.6 is 11.3 Å². The van der Waals surface area contributed by atoms with Crippen LogP contribution in [0.1, 0.15) is 12.8 Å². The van der Waals surface area contributed by atoms with Gasteiger partial charge in [0, 0.05) is 45.5 Å². The van der Waals surface area contributed by atoms with E-state index >= 15 is 0 Å². The predicted octanol–water partition coefficient (Wildman–Crippen LogP) is 1.57. The Balaban J connectivity index is 1.42. The zero-order chi connectivity index (χ0) is 16.5. The fourth-order valence-electron chi connectivity index (χ4n) is 3.45. The van der Waals surface area contributed by atoms with Crippen molar-refractivity contribution in [2.45, 2.75) is 12.8 Å². The van der Waals surface area contributed by atoms with Crippen molar-refractivity contribution in [2.75, 3.05) is 44.2 Å². The molecule has 0 unspecified atom stereocenters. The molecule has 0 aromatic carbocycles. The van der Waals surface area contributed by atoms with Crippen molar-refractivity contribution in [1.29, 1.82) is 0 Å². The quantitative estimate of drug-likeness (QED) is 0.737. The van der Waals surface area contributed by atoms with Crippen LogP contribution in [0.2, 0.25) is 0 Å². The van der Waals surface area contributed by atoms with E-state index in [1.54, 1.807) is 21.1 Å². The summed E-state index contributed by atoms with van der Waals surface area (Å²) < 4.78 is 1.19. The van der Waals surface area contributed by atoms with Crippen LogP contribution in [-0.4, -0.2) is 65.9 Å². The molecular formula is C17H20N4O2S. The van der Waals surface area contributed by atoms with E-state index in [9.17, 15) is 9.59 Å². The predicted molar refractivity (Wildman–Crippen MR) is 94.2 cm³/mol. The number of fused-ring (bicyclic) bond motifs is 1. The Morgan fingerprint density at radius 3 is 2.29 bits per heavy atom. The first kappa shape index (κ1) is 15.4. The maximum Gasteiger partial charge on any atom is 0.312 e. The summed E-state index contributed by atoms with van der Waals surface area (Å²) in [4.78, 5) is 34.7. The van der Waals surface area contributed by atoms with Gasteiger partial charge in [-0.15, -0.1) is 11.3 Å². The van der Waals surface area contributed by atoms with Crippen molar-refractivity contribution < 1.29 is 9.59 Å². The standard InChI is InChI=1S/C17H20N4O2S/c22-16(20-6-1-2-7-20)17(23)21-10-8-19(9-11-21)14-3-5-18-13-4-12-24-15(13)14/h3-5,12H,1-2,6-11H2. The molecule has 7 heteroatoms. The number of carbonyl (C=O) groups is 2. The molecule has 2 saturated heterocycles. The fourth-order valence-corrected chi connectivity index (χ4v) is 4.34. The molecule has 0 aliphatic carbocycles. The number of piperazine rings is 1. The summed E-state index contributed by atoms with van der Waals surface area (Å²) in [5.74, 6) is -0.668. The van der Waals surface area contributed by atoms with Crippen LogP contribution in [-0.2, 0) is 9.59 Å². The van der Waals surface area contributed by atoms with Gasteiger partial charge in [-0.05, 0) is 30.4 Å². The Morgan fingerprint density at radius 2 is 1.58 bits per heavy atom. The molecule has 2 aliphatic heterocycles. The van der Waals surface area contributed by atoms with Crippen LogP contribution in [0.4, 0.5) is 5.69 Å². The van der Waals surface area contributed by atoms with Crippen molar-refractivity contribution in [3.8, 4) is 0 Å². The van der Waals surface area contributed by atoms with Crippen molar-refractivity contribution in [2.24, 2.45) is 0 Å². The molecule has 4 rings (SSSR count). The van der Waals surface area contributed by atoms with Gasteiger partial charge in [0.15, 0.2) is 0 Å². The molecule has 4 heterocycles. The number of carbonyl (C=O) groups excluding carboxylic acids is 2. The van der Waals surface area contributed by atoms with E-state index in [0.717, 1.165) is 44.5 Å². The number of rotatable bonds is 1. The number of thiophene rings is 1. The van der Waals surface area contributed by atoms with E-state index < -0.39 is 0 Å². The SMILES string of the molecule is O=C(C(=O)N1CCN(c2ccnc3ccsc23)CC1)N1CCCC1. The minimum absolute atomic E-state index is 0.328. The van der Waals surface area contributed by atoms with E-state index in [1.165, 1.54) is 10.4 Å². The number of nitrogens with zero attached hydrogens (tertiary/aromatic N) is 4. The number of anilines is 1. The van der Waals surface area contributed by atoms with Gasteiger partial charge in [-0.25, -0.2) is 0 Å². The van der Waals surface area contributed by atoms with E-state index in [1.807, 2.05) is 18.3 Å². The fraction of sp³-hybridized carbons (Fsp3) is 0.471. The first-order valence-corrected chi connectivity index (χ1v) is 9.27. The maximum atomic E-state index is 12.4. The second-order valence-corrected chi connectivity index (χ2v) is 7.16. The third-order valence-electron chi connectivity index (χ3n) is 4.81. The molecule has 2 aromatic heterocycles. The lowest BCUT2D eigenvalue weighted by Gasteiger charge is -2.36. The zero-order valence-corrected chi connectivity index (χ0v) is 14.3. The Bertz CT molecular complexity index is 761. The first-order valence-electron chi connectivity index (χ1n) is 8.39. The number of likely N-dealkylation sites (tertiary alicyclic amines) is 1.